The van der Waals surface area contributed by atoms with Crippen molar-refractivity contribution >= 4 is 16.4 Å². The van der Waals surface area contributed by atoms with Crippen LogP contribution in [0, 0.1) is 12.7 Å². The van der Waals surface area contributed by atoms with E-state index in [9.17, 15) is 4.39 Å². The van der Waals surface area contributed by atoms with Crippen LogP contribution in [0.3, 0.4) is 0 Å². The molecule has 0 amide bonds. The molecule has 0 unspecified atom stereocenters. The van der Waals surface area contributed by atoms with E-state index in [0.29, 0.717) is 0 Å². The number of nitrogens with one attached hydrogen (secondary N) is 1. The maximum atomic E-state index is 13.4. The molecule has 2 aromatic carbocycles. The van der Waals surface area contributed by atoms with Gasteiger partial charge in [-0.3, -0.25) is 5.10 Å². The number of halogens is 1. The van der Waals surface area contributed by atoms with Crippen molar-refractivity contribution in [2.45, 2.75) is 6.92 Å². The highest BCUT2D eigenvalue weighted by atomic mass is 19.1. The maximum Gasteiger partial charge on any atom is 0.123 e. The normalized spacial score (nSPS) is 11.5. The van der Waals surface area contributed by atoms with Crippen molar-refractivity contribution < 1.29 is 4.39 Å². The van der Waals surface area contributed by atoms with Crippen molar-refractivity contribution in [3.63, 3.8) is 0 Å². The summed E-state index contributed by atoms with van der Waals surface area (Å²) in [6.07, 6.45) is 1.81. The lowest BCUT2D eigenvalue weighted by molar-refractivity contribution is 0.628. The summed E-state index contributed by atoms with van der Waals surface area (Å²) in [4.78, 5) is 0. The minimum Gasteiger partial charge on any atom is -0.278 e. The molecular weight excluding hydrogens is 329 g/mol. The molecule has 0 aliphatic heterocycles. The number of benzene rings is 2. The summed E-state index contributed by atoms with van der Waals surface area (Å²) in [5, 5.41) is 17.4. The molecule has 126 valence electrons. The monoisotopic (exact) mass is 343 g/mol. The lowest BCUT2D eigenvalue weighted by atomic mass is 9.97. The van der Waals surface area contributed by atoms with Crippen LogP contribution in [0.4, 0.5) is 4.39 Å². The molecule has 1 N–H and O–H groups in total. The highest BCUT2D eigenvalue weighted by molar-refractivity contribution is 6.03. The van der Waals surface area contributed by atoms with E-state index in [1.54, 1.807) is 16.8 Å². The second kappa shape index (κ2) is 5.49. The standard InChI is InChI=1S/C20H14FN5/c1-12-5-10-18-19(15-3-2-4-17-16(15)11-22-23-17)20(25-26(18)24-12)13-6-8-14(21)9-7-13/h2-11H,1H3,(H,22,23). The lowest BCUT2D eigenvalue weighted by Crippen LogP contribution is -1.95. The number of rotatable bonds is 2. The van der Waals surface area contributed by atoms with E-state index in [4.69, 9.17) is 5.10 Å². The van der Waals surface area contributed by atoms with Gasteiger partial charge in [-0.1, -0.05) is 12.1 Å². The van der Waals surface area contributed by atoms with E-state index in [1.807, 2.05) is 43.5 Å². The molecule has 0 atom stereocenters. The third-order valence-electron chi connectivity index (χ3n) is 4.51. The fourth-order valence-electron chi connectivity index (χ4n) is 3.29. The number of hydrogen-bond acceptors (Lipinski definition) is 3. The predicted octanol–water partition coefficient (Wildman–Crippen LogP) is 4.39. The maximum absolute atomic E-state index is 13.4. The zero-order valence-corrected chi connectivity index (χ0v) is 13.9. The SMILES string of the molecule is Cc1ccc2c(-c3cccc4[nH]ncc34)c(-c3ccc(F)cc3)nn2n1. The van der Waals surface area contributed by atoms with Gasteiger partial charge in [0, 0.05) is 16.5 Å². The molecule has 5 nitrogen and oxygen atoms in total. The first-order valence-electron chi connectivity index (χ1n) is 8.26. The van der Waals surface area contributed by atoms with Crippen LogP contribution in [0.1, 0.15) is 5.69 Å². The van der Waals surface area contributed by atoms with Gasteiger partial charge in [-0.2, -0.15) is 14.8 Å². The second-order valence-electron chi connectivity index (χ2n) is 6.22. The van der Waals surface area contributed by atoms with Crippen molar-refractivity contribution in [2.75, 3.05) is 0 Å². The summed E-state index contributed by atoms with van der Waals surface area (Å²) in [6, 6.07) is 16.3. The van der Waals surface area contributed by atoms with E-state index in [1.165, 1.54) is 12.1 Å². The molecule has 0 aliphatic carbocycles. The molecule has 3 aromatic heterocycles. The highest BCUT2D eigenvalue weighted by Gasteiger charge is 2.19. The third-order valence-corrected chi connectivity index (χ3v) is 4.51. The molecule has 0 radical (unpaired) electrons. The van der Waals surface area contributed by atoms with Crippen LogP contribution in [0.2, 0.25) is 0 Å². The summed E-state index contributed by atoms with van der Waals surface area (Å²) in [5.41, 5.74) is 6.28. The van der Waals surface area contributed by atoms with Crippen molar-refractivity contribution in [3.8, 4) is 22.4 Å². The first kappa shape index (κ1) is 14.8. The molecule has 0 fully saturated rings. The van der Waals surface area contributed by atoms with E-state index in [2.05, 4.69) is 15.3 Å². The molecular formula is C20H14FN5. The predicted molar refractivity (Wildman–Crippen MR) is 98.2 cm³/mol. The van der Waals surface area contributed by atoms with E-state index in [-0.39, 0.29) is 5.82 Å². The van der Waals surface area contributed by atoms with Crippen LogP contribution in [0.25, 0.3) is 38.8 Å². The van der Waals surface area contributed by atoms with Gasteiger partial charge < -0.3 is 0 Å². The van der Waals surface area contributed by atoms with Gasteiger partial charge in [0.05, 0.1) is 22.9 Å². The van der Waals surface area contributed by atoms with Gasteiger partial charge in [0.15, 0.2) is 0 Å². The number of nitrogens with zero attached hydrogens (tertiary/aromatic N) is 4. The largest absolute Gasteiger partial charge is 0.278 e. The van der Waals surface area contributed by atoms with E-state index in [0.717, 1.165) is 44.5 Å². The Morgan fingerprint density at radius 2 is 1.81 bits per heavy atom. The van der Waals surface area contributed by atoms with Crippen molar-refractivity contribution in [1.29, 1.82) is 0 Å². The Labute approximate surface area is 148 Å². The summed E-state index contributed by atoms with van der Waals surface area (Å²) in [6.45, 7) is 1.93. The quantitative estimate of drug-likeness (QED) is 0.517. The highest BCUT2D eigenvalue weighted by Crippen LogP contribution is 2.38. The molecule has 26 heavy (non-hydrogen) atoms. The van der Waals surface area contributed by atoms with Crippen LogP contribution < -0.4 is 0 Å². The fourth-order valence-corrected chi connectivity index (χ4v) is 3.29. The summed E-state index contributed by atoms with van der Waals surface area (Å²) in [7, 11) is 0. The zero-order chi connectivity index (χ0) is 17.7. The molecule has 0 spiro atoms. The summed E-state index contributed by atoms with van der Waals surface area (Å²) >= 11 is 0. The zero-order valence-electron chi connectivity index (χ0n) is 13.9. The second-order valence-corrected chi connectivity index (χ2v) is 6.22. The van der Waals surface area contributed by atoms with Gasteiger partial charge in [0.25, 0.3) is 0 Å². The molecule has 5 aromatic rings. The summed E-state index contributed by atoms with van der Waals surface area (Å²) < 4.78 is 15.0. The van der Waals surface area contributed by atoms with Gasteiger partial charge in [0.1, 0.15) is 11.5 Å². The Kier molecular flexibility index (Phi) is 3.12. The molecule has 0 saturated heterocycles. The number of aromatic nitrogens is 5. The van der Waals surface area contributed by atoms with E-state index < -0.39 is 0 Å². The van der Waals surface area contributed by atoms with Gasteiger partial charge in [-0.25, -0.2) is 4.39 Å². The minimum atomic E-state index is -0.273. The van der Waals surface area contributed by atoms with Crippen molar-refractivity contribution in [3.05, 3.63) is 72.3 Å². The van der Waals surface area contributed by atoms with Gasteiger partial charge in [0.2, 0.25) is 0 Å². The number of aromatic amines is 1. The van der Waals surface area contributed by atoms with Crippen molar-refractivity contribution in [1.82, 2.24) is 25.0 Å². The van der Waals surface area contributed by atoms with Crippen LogP contribution in [0.5, 0.6) is 0 Å². The van der Waals surface area contributed by atoms with E-state index >= 15 is 0 Å². The van der Waals surface area contributed by atoms with Crippen LogP contribution in [-0.4, -0.2) is 25.0 Å². The fraction of sp³-hybridized carbons (Fsp3) is 0.0500. The Morgan fingerprint density at radius 1 is 0.962 bits per heavy atom. The summed E-state index contributed by atoms with van der Waals surface area (Å²) in [5.74, 6) is -0.273. The number of fused-ring (bicyclic) bond motifs is 2. The first-order valence-corrected chi connectivity index (χ1v) is 8.26. The van der Waals surface area contributed by atoms with Gasteiger partial charge in [-0.15, -0.1) is 5.10 Å². The van der Waals surface area contributed by atoms with Crippen LogP contribution in [-0.2, 0) is 0 Å². The Morgan fingerprint density at radius 3 is 2.65 bits per heavy atom. The molecule has 6 heteroatoms. The molecule has 0 bridgehead atoms. The average Bonchev–Trinajstić information content (AvgIpc) is 3.26. The van der Waals surface area contributed by atoms with Crippen molar-refractivity contribution in [2.24, 2.45) is 0 Å². The van der Waals surface area contributed by atoms with Crippen LogP contribution >= 0.6 is 0 Å². The lowest BCUT2D eigenvalue weighted by Gasteiger charge is -2.05. The van der Waals surface area contributed by atoms with Crippen LogP contribution in [0.15, 0.2) is 60.8 Å². The minimum absolute atomic E-state index is 0.273. The molecule has 0 saturated carbocycles. The number of hydrogen-bond donors (Lipinski definition) is 1. The average molecular weight is 343 g/mol. The Balaban J connectivity index is 1.89. The number of aryl methyl sites for hydroxylation is 1. The Bertz CT molecular complexity index is 1250. The topological polar surface area (TPSA) is 58.9 Å². The molecule has 3 heterocycles. The smallest absolute Gasteiger partial charge is 0.123 e. The third kappa shape index (κ3) is 2.19. The Hall–Kier alpha value is -3.54. The van der Waals surface area contributed by atoms with Gasteiger partial charge >= 0.3 is 0 Å². The first-order chi connectivity index (χ1) is 12.7. The number of H-pyrrole nitrogens is 1. The molecule has 0 aliphatic rings. The molecule has 5 rings (SSSR count). The van der Waals surface area contributed by atoms with Gasteiger partial charge in [-0.05, 0) is 55.0 Å².